The van der Waals surface area contributed by atoms with Crippen LogP contribution in [0.15, 0.2) is 53.7 Å². The van der Waals surface area contributed by atoms with E-state index in [0.717, 1.165) is 27.7 Å². The van der Waals surface area contributed by atoms with Crippen LogP contribution in [0.4, 0.5) is 0 Å². The van der Waals surface area contributed by atoms with E-state index in [9.17, 15) is 0 Å². The third-order valence-corrected chi connectivity index (χ3v) is 3.79. The molecule has 2 aromatic carbocycles. The first kappa shape index (κ1) is 13.1. The standard InChI is InChI=1S/C16H16N2OS/c1-12-7-8-14-15(11-12)18-16(17-14)20-10-9-19-13-5-3-2-4-6-13/h2-8,11H,9-10H2,1H3,(H,17,18). The van der Waals surface area contributed by atoms with Crippen LogP contribution >= 0.6 is 11.8 Å². The quantitative estimate of drug-likeness (QED) is 0.567. The molecule has 0 unspecified atom stereocenters. The average Bonchev–Trinajstić information content (AvgIpc) is 2.86. The summed E-state index contributed by atoms with van der Waals surface area (Å²) in [6.07, 6.45) is 0. The van der Waals surface area contributed by atoms with Crippen molar-refractivity contribution in [3.63, 3.8) is 0 Å². The van der Waals surface area contributed by atoms with Crippen molar-refractivity contribution in [2.24, 2.45) is 0 Å². The molecule has 0 aliphatic heterocycles. The van der Waals surface area contributed by atoms with Crippen molar-refractivity contribution in [1.29, 1.82) is 0 Å². The van der Waals surface area contributed by atoms with Gasteiger partial charge in [0.15, 0.2) is 5.16 Å². The maximum absolute atomic E-state index is 5.66. The Balaban J connectivity index is 1.55. The second-order valence-corrected chi connectivity index (χ2v) is 5.66. The Morgan fingerprint density at radius 1 is 1.15 bits per heavy atom. The molecule has 0 bridgehead atoms. The summed E-state index contributed by atoms with van der Waals surface area (Å²) in [5, 5.41) is 0.947. The Hall–Kier alpha value is -1.94. The number of nitrogens with one attached hydrogen (secondary N) is 1. The summed E-state index contributed by atoms with van der Waals surface area (Å²) in [7, 11) is 0. The topological polar surface area (TPSA) is 37.9 Å². The molecule has 0 fully saturated rings. The molecule has 0 atom stereocenters. The summed E-state index contributed by atoms with van der Waals surface area (Å²) in [6, 6.07) is 16.1. The SMILES string of the molecule is Cc1ccc2nc(SCCOc3ccccc3)[nH]c2c1. The highest BCUT2D eigenvalue weighted by Crippen LogP contribution is 2.20. The summed E-state index contributed by atoms with van der Waals surface area (Å²) in [6.45, 7) is 2.76. The van der Waals surface area contributed by atoms with Gasteiger partial charge in [-0.3, -0.25) is 0 Å². The Morgan fingerprint density at radius 2 is 2.00 bits per heavy atom. The molecule has 20 heavy (non-hydrogen) atoms. The first-order valence-electron chi connectivity index (χ1n) is 6.58. The molecule has 0 aliphatic rings. The lowest BCUT2D eigenvalue weighted by Gasteiger charge is -2.04. The number of nitrogens with zero attached hydrogens (tertiary/aromatic N) is 1. The minimum Gasteiger partial charge on any atom is -0.493 e. The predicted molar refractivity (Wildman–Crippen MR) is 83.5 cm³/mol. The van der Waals surface area contributed by atoms with Gasteiger partial charge in [0.25, 0.3) is 0 Å². The van der Waals surface area contributed by atoms with E-state index >= 15 is 0 Å². The average molecular weight is 284 g/mol. The number of ether oxygens (including phenoxy) is 1. The van der Waals surface area contributed by atoms with Gasteiger partial charge in [-0.25, -0.2) is 4.98 Å². The molecular formula is C16H16N2OS. The zero-order valence-electron chi connectivity index (χ0n) is 11.3. The van der Waals surface area contributed by atoms with E-state index in [1.54, 1.807) is 11.8 Å². The molecular weight excluding hydrogens is 268 g/mol. The molecule has 0 saturated heterocycles. The molecule has 4 heteroatoms. The number of aryl methyl sites for hydroxylation is 1. The number of H-pyrrole nitrogens is 1. The molecule has 1 N–H and O–H groups in total. The third-order valence-electron chi connectivity index (χ3n) is 2.95. The van der Waals surface area contributed by atoms with Crippen LogP contribution in [-0.4, -0.2) is 22.3 Å². The molecule has 102 valence electrons. The zero-order chi connectivity index (χ0) is 13.8. The van der Waals surface area contributed by atoms with E-state index in [0.29, 0.717) is 6.61 Å². The molecule has 1 aromatic heterocycles. The number of hydrogen-bond acceptors (Lipinski definition) is 3. The van der Waals surface area contributed by atoms with Crippen LogP contribution in [0.2, 0.25) is 0 Å². The number of para-hydroxylation sites is 1. The lowest BCUT2D eigenvalue weighted by Crippen LogP contribution is -1.99. The van der Waals surface area contributed by atoms with Crippen molar-refractivity contribution < 1.29 is 4.74 Å². The largest absolute Gasteiger partial charge is 0.493 e. The Bertz CT molecular complexity index is 694. The van der Waals surface area contributed by atoms with Gasteiger partial charge in [-0.15, -0.1) is 0 Å². The lowest BCUT2D eigenvalue weighted by molar-refractivity contribution is 0.344. The van der Waals surface area contributed by atoms with Crippen LogP contribution in [0.5, 0.6) is 5.75 Å². The molecule has 0 saturated carbocycles. The number of benzene rings is 2. The minimum atomic E-state index is 0.671. The van der Waals surface area contributed by atoms with Crippen LogP contribution in [0, 0.1) is 6.92 Å². The normalized spacial score (nSPS) is 10.8. The Kier molecular flexibility index (Phi) is 3.92. The van der Waals surface area contributed by atoms with Gasteiger partial charge in [0, 0.05) is 5.75 Å². The van der Waals surface area contributed by atoms with E-state index in [4.69, 9.17) is 4.74 Å². The van der Waals surface area contributed by atoms with E-state index in [1.807, 2.05) is 36.4 Å². The van der Waals surface area contributed by atoms with Crippen LogP contribution in [0.3, 0.4) is 0 Å². The third kappa shape index (κ3) is 3.14. The number of thioether (sulfide) groups is 1. The number of aromatic amines is 1. The van der Waals surface area contributed by atoms with Crippen molar-refractivity contribution in [3.8, 4) is 5.75 Å². The van der Waals surface area contributed by atoms with Crippen LogP contribution in [0.25, 0.3) is 11.0 Å². The monoisotopic (exact) mass is 284 g/mol. The van der Waals surface area contributed by atoms with Crippen molar-refractivity contribution >= 4 is 22.8 Å². The maximum Gasteiger partial charge on any atom is 0.166 e. The molecule has 0 spiro atoms. The molecule has 3 aromatic rings. The second-order valence-electron chi connectivity index (χ2n) is 4.57. The van der Waals surface area contributed by atoms with Gasteiger partial charge >= 0.3 is 0 Å². The Morgan fingerprint density at radius 3 is 2.85 bits per heavy atom. The fourth-order valence-electron chi connectivity index (χ4n) is 1.98. The van der Waals surface area contributed by atoms with Gasteiger partial charge in [0.05, 0.1) is 17.6 Å². The molecule has 3 rings (SSSR count). The highest BCUT2D eigenvalue weighted by atomic mass is 32.2. The summed E-state index contributed by atoms with van der Waals surface area (Å²) < 4.78 is 5.66. The van der Waals surface area contributed by atoms with Gasteiger partial charge in [-0.2, -0.15) is 0 Å². The van der Waals surface area contributed by atoms with Gasteiger partial charge in [-0.05, 0) is 36.8 Å². The number of hydrogen-bond donors (Lipinski definition) is 1. The highest BCUT2D eigenvalue weighted by Gasteiger charge is 2.03. The number of fused-ring (bicyclic) bond motifs is 1. The molecule has 1 heterocycles. The van der Waals surface area contributed by atoms with Crippen molar-refractivity contribution in [2.45, 2.75) is 12.1 Å². The molecule has 3 nitrogen and oxygen atoms in total. The molecule has 0 amide bonds. The first-order chi connectivity index (χ1) is 9.81. The van der Waals surface area contributed by atoms with Gasteiger partial charge in [-0.1, -0.05) is 36.0 Å². The number of rotatable bonds is 5. The smallest absolute Gasteiger partial charge is 0.166 e. The van der Waals surface area contributed by atoms with Gasteiger partial charge in [0.1, 0.15) is 5.75 Å². The number of imidazole rings is 1. The predicted octanol–water partition coefficient (Wildman–Crippen LogP) is 4.04. The number of aromatic nitrogens is 2. The van der Waals surface area contributed by atoms with Crippen LogP contribution in [-0.2, 0) is 0 Å². The van der Waals surface area contributed by atoms with Crippen molar-refractivity contribution in [2.75, 3.05) is 12.4 Å². The van der Waals surface area contributed by atoms with Gasteiger partial charge in [0.2, 0.25) is 0 Å². The van der Waals surface area contributed by atoms with Crippen molar-refractivity contribution in [3.05, 3.63) is 54.1 Å². The summed E-state index contributed by atoms with van der Waals surface area (Å²) >= 11 is 1.68. The fourth-order valence-corrected chi connectivity index (χ4v) is 2.69. The Labute approximate surface area is 122 Å². The lowest BCUT2D eigenvalue weighted by atomic mass is 10.2. The van der Waals surface area contributed by atoms with Gasteiger partial charge < -0.3 is 9.72 Å². The molecule has 0 aliphatic carbocycles. The second kappa shape index (κ2) is 6.01. The summed E-state index contributed by atoms with van der Waals surface area (Å²) in [5.41, 5.74) is 3.35. The summed E-state index contributed by atoms with van der Waals surface area (Å²) in [4.78, 5) is 7.88. The fraction of sp³-hybridized carbons (Fsp3) is 0.188. The maximum atomic E-state index is 5.66. The zero-order valence-corrected chi connectivity index (χ0v) is 12.1. The van der Waals surface area contributed by atoms with Crippen LogP contribution in [0.1, 0.15) is 5.56 Å². The van der Waals surface area contributed by atoms with E-state index in [2.05, 4.69) is 29.0 Å². The summed E-state index contributed by atoms with van der Waals surface area (Å²) in [5.74, 6) is 1.78. The van der Waals surface area contributed by atoms with E-state index in [-0.39, 0.29) is 0 Å². The van der Waals surface area contributed by atoms with Crippen molar-refractivity contribution in [1.82, 2.24) is 9.97 Å². The van der Waals surface area contributed by atoms with E-state index < -0.39 is 0 Å². The minimum absolute atomic E-state index is 0.671. The first-order valence-corrected chi connectivity index (χ1v) is 7.57. The van der Waals surface area contributed by atoms with E-state index in [1.165, 1.54) is 5.56 Å². The highest BCUT2D eigenvalue weighted by molar-refractivity contribution is 7.99. The van der Waals surface area contributed by atoms with Crippen LogP contribution < -0.4 is 4.74 Å². The molecule has 0 radical (unpaired) electrons.